The summed E-state index contributed by atoms with van der Waals surface area (Å²) in [5.41, 5.74) is 1.24. The number of ketones is 6. The average Bonchev–Trinajstić information content (AvgIpc) is 1.71. The molecular weight excluding hydrogens is 1880 g/mol. The number of carboxylic acid groups (broad SMARTS) is 9. The zero-order valence-electron chi connectivity index (χ0n) is 77.3. The second-order valence-corrected chi connectivity index (χ2v) is 33.8. The van der Waals surface area contributed by atoms with Crippen molar-refractivity contribution in [3.05, 3.63) is 35.7 Å². The Bertz CT molecular complexity index is 3870. The Kier molecular flexibility index (Phi) is 73.8. The Morgan fingerprint density at radius 2 is 0.618 bits per heavy atom. The molecule has 6 atom stereocenters. The first kappa shape index (κ1) is 132. The van der Waals surface area contributed by atoms with Crippen LogP contribution in [-0.4, -0.2) is 335 Å². The van der Waals surface area contributed by atoms with Gasteiger partial charge in [0.25, 0.3) is 23.5 Å². The number of unbranched alkanes of at least 4 members (excludes halogenated alkanes) is 6. The maximum absolute atomic E-state index is 12.1. The van der Waals surface area contributed by atoms with Crippen LogP contribution in [0.4, 0.5) is 0 Å². The van der Waals surface area contributed by atoms with E-state index in [-0.39, 0.29) is 163 Å². The largest absolute Gasteiger partial charge is 0.756 e. The minimum atomic E-state index is -4.47. The fourth-order valence-corrected chi connectivity index (χ4v) is 12.2. The number of Topliss-reactive ketones (excluding diaryl/α,β-unsaturated/α-hetero) is 6. The van der Waals surface area contributed by atoms with Crippen molar-refractivity contribution in [2.24, 2.45) is 0 Å². The number of nitrogens with one attached hydrogen (secondary N) is 3. The van der Waals surface area contributed by atoms with Crippen LogP contribution in [0.3, 0.4) is 0 Å². The molecule has 0 aromatic carbocycles. The molecule has 6 unspecified atom stereocenters. The molecule has 0 aliphatic carbocycles. The first-order valence-electron chi connectivity index (χ1n) is 42.8. The predicted octanol–water partition coefficient (Wildman–Crippen LogP) is -0.742. The van der Waals surface area contributed by atoms with E-state index in [1.165, 1.54) is 67.3 Å². The van der Waals surface area contributed by atoms with Gasteiger partial charge in [-0.05, 0) is 131 Å². The molecule has 3 rings (SSSR count). The molecule has 0 fully saturated rings. The SMILES string of the molecule is CC(=O)CCCC(=O)Cc1cn(CC(=O)NCCCCC(C(=O)O)N(CC(=O)O)CC(=O)O)nn1.CC(=O)CCCC(=O)Cc1cn(CC(=O)NCCCCC(C(=O)O)N(CC(=O)O)CC(=O)O)nn1.CC(=O)CCCC(=O)Cc1cn(CC(=O)NCCCCC(C(=O)O)N(CC(=O)O)CC(=O)O)nn1.CC(C)OP(=O)([O-])O.CCCCO.CCCCOP(=O)([O-])O.CCCCOP(=O)([O-])O. The van der Waals surface area contributed by atoms with Crippen LogP contribution < -0.4 is 30.6 Å². The first-order chi connectivity index (χ1) is 63.4. The highest BCUT2D eigenvalue weighted by Gasteiger charge is 2.32. The molecule has 0 bridgehead atoms. The van der Waals surface area contributed by atoms with E-state index in [1.54, 1.807) is 0 Å². The minimum absolute atomic E-state index is 0.0125. The summed E-state index contributed by atoms with van der Waals surface area (Å²) in [4.78, 5) is 261. The van der Waals surface area contributed by atoms with Gasteiger partial charge in [-0.15, -0.1) is 15.3 Å². The number of amides is 3. The Balaban J connectivity index is -0.000000826. The third kappa shape index (κ3) is 82.7. The van der Waals surface area contributed by atoms with Gasteiger partial charge in [0.15, 0.2) is 0 Å². The summed E-state index contributed by atoms with van der Waals surface area (Å²) in [6.45, 7) is 9.73. The number of carbonyl (C=O) groups excluding carboxylic acids is 9. The average molecular weight is 2010 g/mol. The number of nitrogens with zero attached hydrogens (tertiary/aromatic N) is 12. The number of phosphoric acid groups is 3. The van der Waals surface area contributed by atoms with Crippen LogP contribution in [0.15, 0.2) is 18.6 Å². The number of aliphatic carboxylic acids is 9. The topological polar surface area (TPSA) is 856 Å². The lowest BCUT2D eigenvalue weighted by molar-refractivity contribution is -0.223. The van der Waals surface area contributed by atoms with Crippen LogP contribution in [0.25, 0.3) is 0 Å². The molecule has 0 spiro atoms. The van der Waals surface area contributed by atoms with Crippen molar-refractivity contribution >= 4 is 130 Å². The van der Waals surface area contributed by atoms with Crippen molar-refractivity contribution in [3.8, 4) is 0 Å². The van der Waals surface area contributed by atoms with E-state index in [4.69, 9.17) is 50.4 Å². The van der Waals surface area contributed by atoms with E-state index >= 15 is 0 Å². The second-order valence-electron chi connectivity index (χ2n) is 30.2. The lowest BCUT2D eigenvalue weighted by atomic mass is 10.1. The van der Waals surface area contributed by atoms with Gasteiger partial charge in [-0.1, -0.05) is 55.7 Å². The molecule has 3 heterocycles. The second kappa shape index (κ2) is 76.3. The Labute approximate surface area is 783 Å². The zero-order valence-corrected chi connectivity index (χ0v) is 80.0. The first-order valence-corrected chi connectivity index (χ1v) is 47.3. The van der Waals surface area contributed by atoms with Crippen LogP contribution in [0, 0.1) is 0 Å². The summed E-state index contributed by atoms with van der Waals surface area (Å²) < 4.78 is 45.4. The van der Waals surface area contributed by atoms with Crippen LogP contribution in [0.1, 0.15) is 227 Å². The van der Waals surface area contributed by atoms with Crippen LogP contribution in [0.5, 0.6) is 0 Å². The van der Waals surface area contributed by atoms with Gasteiger partial charge >= 0.3 is 53.7 Å². The standard InChI is InChI=1S/3C21H31N5O9.2C4H11O4P.C4H10O.C3H9O4P/c3*1-14(27)5-4-6-16(28)9-15-10-26(24-23-15)11-18(29)22-8-3-2-7-17(21(34)35)25(12-19(30)31)13-20(32)33;2*1-2-3-4-8-9(5,6)7;1-2-3-4-5;1-3(2)7-8(4,5)6/h3*10,17H,2-9,11-13H2,1H3,(H,22,29)(H,30,31)(H,32,33)(H,34,35);2*2-4H2,1H3,(H2,5,6,7);5H,2-4H2,1H3;3H,1-2H3,(H2,4,5,6)/p-3. The van der Waals surface area contributed by atoms with Gasteiger partial charge < -0.3 is 124 Å². The number of carboxylic acids is 9. The number of rotatable bonds is 69. The molecule has 3 aromatic heterocycles. The van der Waals surface area contributed by atoms with E-state index in [9.17, 15) is 130 Å². The lowest BCUT2D eigenvalue weighted by Crippen LogP contribution is -2.46. The normalized spacial score (nSPS) is 12.7. The van der Waals surface area contributed by atoms with Gasteiger partial charge in [-0.2, -0.15) is 0 Å². The van der Waals surface area contributed by atoms with Crippen molar-refractivity contribution in [3.63, 3.8) is 0 Å². The molecule has 0 saturated heterocycles. The molecule has 136 heavy (non-hydrogen) atoms. The number of carbonyl (C=O) groups is 18. The molecule has 16 N–H and O–H groups in total. The summed E-state index contributed by atoms with van der Waals surface area (Å²) in [5.74, 6) is -13.3. The van der Waals surface area contributed by atoms with Crippen LogP contribution >= 0.6 is 23.5 Å². The van der Waals surface area contributed by atoms with Crippen LogP contribution in [-0.2, 0) is 152 Å². The Hall–Kier alpha value is -10.7. The number of hydrogen-bond donors (Lipinski definition) is 16. The van der Waals surface area contributed by atoms with Gasteiger partial charge in [0.2, 0.25) is 17.7 Å². The molecule has 776 valence electrons. The quantitative estimate of drug-likeness (QED) is 0.0244. The lowest BCUT2D eigenvalue weighted by Gasteiger charge is -2.25. The fraction of sp³-hybridized carbons (Fsp3) is 0.692. The third-order valence-electron chi connectivity index (χ3n) is 17.0. The molecule has 0 radical (unpaired) electrons. The van der Waals surface area contributed by atoms with Gasteiger partial charge in [0.1, 0.15) is 72.5 Å². The zero-order chi connectivity index (χ0) is 105. The minimum Gasteiger partial charge on any atom is -0.756 e. The van der Waals surface area contributed by atoms with Gasteiger partial charge in [-0.3, -0.25) is 100 Å². The van der Waals surface area contributed by atoms with Crippen molar-refractivity contribution in [1.82, 2.24) is 75.6 Å². The van der Waals surface area contributed by atoms with Crippen molar-refractivity contribution < 1.29 is 194 Å². The third-order valence-corrected chi connectivity index (χ3v) is 18.7. The molecular formula is C78H131N15O40P3-3. The summed E-state index contributed by atoms with van der Waals surface area (Å²) in [6.07, 6.45) is 14.6. The van der Waals surface area contributed by atoms with E-state index in [0.29, 0.717) is 114 Å². The van der Waals surface area contributed by atoms with Crippen molar-refractivity contribution in [2.45, 2.75) is 273 Å². The van der Waals surface area contributed by atoms with Gasteiger partial charge in [0.05, 0.1) is 94.9 Å². The highest BCUT2D eigenvalue weighted by atomic mass is 31.2. The molecule has 58 heteroatoms. The van der Waals surface area contributed by atoms with Gasteiger partial charge in [-0.25, -0.2) is 14.0 Å². The van der Waals surface area contributed by atoms with E-state index in [1.807, 2.05) is 13.8 Å². The molecule has 55 nitrogen and oxygen atoms in total. The smallest absolute Gasteiger partial charge is 0.320 e. The Morgan fingerprint density at radius 3 is 0.787 bits per heavy atom. The number of aliphatic hydroxyl groups excluding tert-OH is 1. The summed E-state index contributed by atoms with van der Waals surface area (Å²) in [5, 5.41) is 120. The van der Waals surface area contributed by atoms with Crippen molar-refractivity contribution in [1.29, 1.82) is 0 Å². The number of phosphoric ester groups is 3. The van der Waals surface area contributed by atoms with Gasteiger partial charge in [0, 0.05) is 83.4 Å². The highest BCUT2D eigenvalue weighted by Crippen LogP contribution is 2.32. The summed E-state index contributed by atoms with van der Waals surface area (Å²) in [6, 6.07) is -3.84. The summed E-state index contributed by atoms with van der Waals surface area (Å²) >= 11 is 0. The highest BCUT2D eigenvalue weighted by molar-refractivity contribution is 7.45. The maximum atomic E-state index is 12.1. The Morgan fingerprint density at radius 1 is 0.375 bits per heavy atom. The van der Waals surface area contributed by atoms with E-state index < -0.39 is 141 Å². The van der Waals surface area contributed by atoms with E-state index in [2.05, 4.69) is 67.4 Å². The van der Waals surface area contributed by atoms with E-state index in [0.717, 1.165) is 40.4 Å². The van der Waals surface area contributed by atoms with Crippen LogP contribution in [0.2, 0.25) is 0 Å². The molecule has 3 aromatic rings. The summed E-state index contributed by atoms with van der Waals surface area (Å²) in [7, 11) is -13.4. The maximum Gasteiger partial charge on any atom is 0.320 e. The molecule has 0 aliphatic rings. The molecule has 0 aliphatic heterocycles. The molecule has 3 amide bonds. The fourth-order valence-electron chi connectivity index (χ4n) is 11.0. The monoisotopic (exact) mass is 2010 g/mol. The predicted molar refractivity (Wildman–Crippen MR) is 465 cm³/mol. The number of aliphatic hydroxyl groups is 1. The molecule has 0 saturated carbocycles. The van der Waals surface area contributed by atoms with Crippen molar-refractivity contribution in [2.75, 3.05) is 78.7 Å². The number of hydrogen-bond acceptors (Lipinski definition) is 37. The number of aromatic nitrogens is 9.